The number of phenols is 1. The zero-order valence-electron chi connectivity index (χ0n) is 12.8. The smallest absolute Gasteiger partial charge is 0.251 e. The van der Waals surface area contributed by atoms with Crippen LogP contribution in [0.4, 0.5) is 0 Å². The maximum Gasteiger partial charge on any atom is 0.251 e. The largest absolute Gasteiger partial charge is 0.508 e. The van der Waals surface area contributed by atoms with Gasteiger partial charge in [-0.3, -0.25) is 4.79 Å². The van der Waals surface area contributed by atoms with Gasteiger partial charge in [0.2, 0.25) is 0 Å². The Balaban J connectivity index is 2.07. The molecule has 2 aromatic carbocycles. The van der Waals surface area contributed by atoms with E-state index >= 15 is 0 Å². The summed E-state index contributed by atoms with van der Waals surface area (Å²) in [6.07, 6.45) is 0.507. The minimum absolute atomic E-state index is 0.141. The van der Waals surface area contributed by atoms with Crippen molar-refractivity contribution in [1.29, 1.82) is 0 Å². The predicted molar refractivity (Wildman–Crippen MR) is 86.1 cm³/mol. The van der Waals surface area contributed by atoms with Gasteiger partial charge in [-0.25, -0.2) is 0 Å². The molecule has 0 fully saturated rings. The summed E-state index contributed by atoms with van der Waals surface area (Å²) >= 11 is 0. The molecule has 116 valence electrons. The summed E-state index contributed by atoms with van der Waals surface area (Å²) in [6.45, 7) is 3.74. The molecular formula is C18H21NO3. The van der Waals surface area contributed by atoms with Gasteiger partial charge >= 0.3 is 0 Å². The van der Waals surface area contributed by atoms with Crippen molar-refractivity contribution in [2.45, 2.75) is 26.3 Å². The van der Waals surface area contributed by atoms with Gasteiger partial charge in [0.25, 0.3) is 5.91 Å². The van der Waals surface area contributed by atoms with Gasteiger partial charge in [-0.15, -0.1) is 0 Å². The van der Waals surface area contributed by atoms with Crippen LogP contribution < -0.4 is 5.32 Å². The van der Waals surface area contributed by atoms with E-state index < -0.39 is 0 Å². The van der Waals surface area contributed by atoms with E-state index in [-0.39, 0.29) is 24.3 Å². The molecule has 0 unspecified atom stereocenters. The molecule has 0 aliphatic carbocycles. The Labute approximate surface area is 130 Å². The van der Waals surface area contributed by atoms with Gasteiger partial charge in [-0.2, -0.15) is 0 Å². The Morgan fingerprint density at radius 3 is 2.45 bits per heavy atom. The maximum absolute atomic E-state index is 12.4. The van der Waals surface area contributed by atoms with Crippen LogP contribution in [0.3, 0.4) is 0 Å². The van der Waals surface area contributed by atoms with E-state index in [1.807, 2.05) is 26.0 Å². The molecule has 0 spiro atoms. The van der Waals surface area contributed by atoms with Gasteiger partial charge in [-0.05, 0) is 55.2 Å². The summed E-state index contributed by atoms with van der Waals surface area (Å²) < 4.78 is 0. The Hall–Kier alpha value is -2.33. The molecule has 0 bridgehead atoms. The number of aliphatic hydroxyl groups is 1. The predicted octanol–water partition coefficient (Wildman–Crippen LogP) is 2.34. The summed E-state index contributed by atoms with van der Waals surface area (Å²) in [6, 6.07) is 12.0. The topological polar surface area (TPSA) is 69.6 Å². The Morgan fingerprint density at radius 1 is 1.14 bits per heavy atom. The van der Waals surface area contributed by atoms with Crippen LogP contribution in [-0.2, 0) is 6.42 Å². The molecule has 4 nitrogen and oxygen atoms in total. The van der Waals surface area contributed by atoms with E-state index in [4.69, 9.17) is 0 Å². The van der Waals surface area contributed by atoms with Crippen molar-refractivity contribution in [2.75, 3.05) is 6.61 Å². The van der Waals surface area contributed by atoms with Crippen LogP contribution >= 0.6 is 0 Å². The summed E-state index contributed by atoms with van der Waals surface area (Å²) in [4.78, 5) is 12.4. The number of hydrogen-bond acceptors (Lipinski definition) is 3. The number of carbonyl (C=O) groups excluding carboxylic acids is 1. The zero-order chi connectivity index (χ0) is 16.1. The number of phenolic OH excluding ortho intramolecular Hbond substituents is 1. The lowest BCUT2D eigenvalue weighted by atomic mass is 10.0. The molecule has 2 rings (SSSR count). The van der Waals surface area contributed by atoms with E-state index in [0.29, 0.717) is 12.0 Å². The Bertz CT molecular complexity index is 650. The molecule has 0 heterocycles. The lowest BCUT2D eigenvalue weighted by Crippen LogP contribution is -2.39. The van der Waals surface area contributed by atoms with Crippen LogP contribution in [0.2, 0.25) is 0 Å². The van der Waals surface area contributed by atoms with Crippen LogP contribution in [0.5, 0.6) is 5.75 Å². The van der Waals surface area contributed by atoms with Crippen LogP contribution in [0.25, 0.3) is 0 Å². The normalized spacial score (nSPS) is 12.0. The quantitative estimate of drug-likeness (QED) is 0.793. The number of hydrogen-bond donors (Lipinski definition) is 3. The zero-order valence-corrected chi connectivity index (χ0v) is 12.8. The van der Waals surface area contributed by atoms with Crippen molar-refractivity contribution in [3.63, 3.8) is 0 Å². The highest BCUT2D eigenvalue weighted by Crippen LogP contribution is 2.14. The number of rotatable bonds is 5. The molecule has 0 aliphatic heterocycles. The molecule has 1 atom stereocenters. The first-order valence-corrected chi connectivity index (χ1v) is 7.27. The molecule has 0 aliphatic rings. The highest BCUT2D eigenvalue weighted by molar-refractivity contribution is 5.96. The van der Waals surface area contributed by atoms with E-state index in [2.05, 4.69) is 5.32 Å². The standard InChI is InChI=1S/C18H21NO3/c1-12-4-3-5-17(13(12)2)18(22)19-15(11-20)10-14-6-8-16(21)9-7-14/h3-9,15,20-21H,10-11H2,1-2H3,(H,19,22)/t15-/m0/s1. The minimum Gasteiger partial charge on any atom is -0.508 e. The van der Waals surface area contributed by atoms with Gasteiger partial charge < -0.3 is 15.5 Å². The van der Waals surface area contributed by atoms with E-state index in [1.54, 1.807) is 30.3 Å². The maximum atomic E-state index is 12.4. The SMILES string of the molecule is Cc1cccc(C(=O)N[C@H](CO)Cc2ccc(O)cc2)c1C. The van der Waals surface area contributed by atoms with Gasteiger partial charge in [0, 0.05) is 5.56 Å². The number of amides is 1. The van der Waals surface area contributed by atoms with Crippen LogP contribution in [0.1, 0.15) is 27.0 Å². The average molecular weight is 299 g/mol. The number of aryl methyl sites for hydroxylation is 1. The second-order valence-electron chi connectivity index (χ2n) is 5.47. The number of carbonyl (C=O) groups is 1. The van der Waals surface area contributed by atoms with Crippen molar-refractivity contribution in [1.82, 2.24) is 5.32 Å². The molecule has 3 N–H and O–H groups in total. The number of nitrogens with one attached hydrogen (secondary N) is 1. The first-order valence-electron chi connectivity index (χ1n) is 7.27. The molecule has 0 saturated carbocycles. The highest BCUT2D eigenvalue weighted by Gasteiger charge is 2.15. The number of aromatic hydroxyl groups is 1. The molecule has 0 radical (unpaired) electrons. The van der Waals surface area contributed by atoms with Crippen molar-refractivity contribution >= 4 is 5.91 Å². The second-order valence-corrected chi connectivity index (χ2v) is 5.47. The summed E-state index contributed by atoms with van der Waals surface area (Å²) in [5.41, 5.74) is 3.58. The molecule has 4 heteroatoms. The molecule has 0 aromatic heterocycles. The van der Waals surface area contributed by atoms with Crippen LogP contribution in [0, 0.1) is 13.8 Å². The highest BCUT2D eigenvalue weighted by atomic mass is 16.3. The number of benzene rings is 2. The fourth-order valence-corrected chi connectivity index (χ4v) is 2.34. The van der Waals surface area contributed by atoms with Crippen LogP contribution in [0.15, 0.2) is 42.5 Å². The van der Waals surface area contributed by atoms with Crippen molar-refractivity contribution in [3.8, 4) is 5.75 Å². The number of aliphatic hydroxyl groups excluding tert-OH is 1. The molecule has 22 heavy (non-hydrogen) atoms. The summed E-state index contributed by atoms with van der Waals surface area (Å²) in [5, 5.41) is 21.6. The summed E-state index contributed by atoms with van der Waals surface area (Å²) in [7, 11) is 0. The van der Waals surface area contributed by atoms with Gasteiger partial charge in [-0.1, -0.05) is 24.3 Å². The van der Waals surface area contributed by atoms with Gasteiger partial charge in [0.1, 0.15) is 5.75 Å². The third-order valence-corrected chi connectivity index (χ3v) is 3.82. The molecule has 2 aromatic rings. The van der Waals surface area contributed by atoms with Crippen molar-refractivity contribution in [3.05, 3.63) is 64.7 Å². The van der Waals surface area contributed by atoms with Crippen LogP contribution in [-0.4, -0.2) is 28.8 Å². The fourth-order valence-electron chi connectivity index (χ4n) is 2.34. The first-order chi connectivity index (χ1) is 10.5. The lowest BCUT2D eigenvalue weighted by Gasteiger charge is -2.18. The molecular weight excluding hydrogens is 278 g/mol. The first kappa shape index (κ1) is 16.0. The third-order valence-electron chi connectivity index (χ3n) is 3.82. The van der Waals surface area contributed by atoms with Crippen molar-refractivity contribution in [2.24, 2.45) is 0 Å². The average Bonchev–Trinajstić information content (AvgIpc) is 2.51. The molecule has 1 amide bonds. The summed E-state index contributed by atoms with van der Waals surface area (Å²) in [5.74, 6) is 0.0164. The Kier molecular flexibility index (Phi) is 5.17. The van der Waals surface area contributed by atoms with Crippen molar-refractivity contribution < 1.29 is 15.0 Å². The van der Waals surface area contributed by atoms with Gasteiger partial charge in [0.15, 0.2) is 0 Å². The van der Waals surface area contributed by atoms with E-state index in [0.717, 1.165) is 16.7 Å². The third kappa shape index (κ3) is 3.86. The van der Waals surface area contributed by atoms with E-state index in [1.165, 1.54) is 0 Å². The second kappa shape index (κ2) is 7.09. The van der Waals surface area contributed by atoms with Gasteiger partial charge in [0.05, 0.1) is 12.6 Å². The monoisotopic (exact) mass is 299 g/mol. The fraction of sp³-hybridized carbons (Fsp3) is 0.278. The lowest BCUT2D eigenvalue weighted by molar-refractivity contribution is 0.0915. The molecule has 0 saturated heterocycles. The van der Waals surface area contributed by atoms with E-state index in [9.17, 15) is 15.0 Å². The Morgan fingerprint density at radius 2 is 1.82 bits per heavy atom. The minimum atomic E-state index is -0.364.